The number of anilines is 1. The number of thiocarbonyl (C=S) groups is 1. The lowest BCUT2D eigenvalue weighted by atomic mass is 10.2. The molecular formula is C12H14N4O2S. The summed E-state index contributed by atoms with van der Waals surface area (Å²) >= 11 is 4.95. The Morgan fingerprint density at radius 3 is 2.74 bits per heavy atom. The van der Waals surface area contributed by atoms with Gasteiger partial charge in [0, 0.05) is 12.7 Å². The van der Waals surface area contributed by atoms with Crippen molar-refractivity contribution in [1.82, 2.24) is 9.88 Å². The van der Waals surface area contributed by atoms with Crippen molar-refractivity contribution >= 4 is 34.8 Å². The third-order valence-corrected chi connectivity index (χ3v) is 3.21. The molecule has 1 unspecified atom stereocenters. The normalized spacial score (nSPS) is 18.8. The van der Waals surface area contributed by atoms with Crippen LogP contribution in [0.2, 0.25) is 0 Å². The summed E-state index contributed by atoms with van der Waals surface area (Å²) in [5.74, 6) is -0.0526. The van der Waals surface area contributed by atoms with Gasteiger partial charge in [0.15, 0.2) is 0 Å². The minimum Gasteiger partial charge on any atom is -0.389 e. The van der Waals surface area contributed by atoms with Gasteiger partial charge in [-0.25, -0.2) is 4.98 Å². The van der Waals surface area contributed by atoms with Crippen LogP contribution < -0.4 is 11.1 Å². The third-order valence-electron chi connectivity index (χ3n) is 2.99. The molecule has 0 radical (unpaired) electrons. The van der Waals surface area contributed by atoms with Crippen LogP contribution in [-0.4, -0.2) is 39.8 Å². The van der Waals surface area contributed by atoms with Gasteiger partial charge in [0.2, 0.25) is 5.91 Å². The predicted octanol–water partition coefficient (Wildman–Crippen LogP) is 0.193. The van der Waals surface area contributed by atoms with Crippen molar-refractivity contribution in [2.24, 2.45) is 5.73 Å². The molecule has 100 valence electrons. The fourth-order valence-electron chi connectivity index (χ4n) is 1.90. The van der Waals surface area contributed by atoms with Crippen molar-refractivity contribution in [3.8, 4) is 0 Å². The van der Waals surface area contributed by atoms with Crippen LogP contribution in [0.25, 0.3) is 0 Å². The second kappa shape index (κ2) is 4.93. The number of aryl methyl sites for hydroxylation is 1. The van der Waals surface area contributed by atoms with Gasteiger partial charge >= 0.3 is 0 Å². The summed E-state index contributed by atoms with van der Waals surface area (Å²) in [6, 6.07) is 2.92. The van der Waals surface area contributed by atoms with E-state index in [1.807, 2.05) is 6.92 Å². The molecule has 0 saturated carbocycles. The van der Waals surface area contributed by atoms with Gasteiger partial charge in [-0.15, -0.1) is 0 Å². The first-order chi connectivity index (χ1) is 8.90. The van der Waals surface area contributed by atoms with E-state index < -0.39 is 6.04 Å². The van der Waals surface area contributed by atoms with Gasteiger partial charge in [0.25, 0.3) is 5.91 Å². The molecule has 6 nitrogen and oxygen atoms in total. The first-order valence-corrected chi connectivity index (χ1v) is 6.15. The Kier molecular flexibility index (Phi) is 3.48. The predicted molar refractivity (Wildman–Crippen MR) is 74.7 cm³/mol. The number of nitrogens with zero attached hydrogens (tertiary/aromatic N) is 2. The second-order valence-electron chi connectivity index (χ2n) is 4.41. The zero-order valence-electron chi connectivity index (χ0n) is 10.6. The molecule has 0 aromatic carbocycles. The van der Waals surface area contributed by atoms with Crippen LogP contribution in [0.5, 0.6) is 0 Å². The Morgan fingerprint density at radius 2 is 2.21 bits per heavy atom. The molecule has 7 heteroatoms. The number of imide groups is 1. The standard InChI is InChI=1S/C12H14N4O2S/c1-6-3-4-7(10(13)19)11(14-6)15-8-5-9(17)16(2)12(8)18/h3-4,8H,5H2,1-2H3,(H2,13,19)(H,14,15). The van der Waals surface area contributed by atoms with Gasteiger partial charge in [-0.05, 0) is 19.1 Å². The van der Waals surface area contributed by atoms with E-state index in [0.29, 0.717) is 11.4 Å². The lowest BCUT2D eigenvalue weighted by Gasteiger charge is -2.15. The summed E-state index contributed by atoms with van der Waals surface area (Å²) in [4.78, 5) is 28.9. The average molecular weight is 278 g/mol. The molecule has 1 aromatic heterocycles. The van der Waals surface area contributed by atoms with E-state index >= 15 is 0 Å². The van der Waals surface area contributed by atoms with E-state index in [-0.39, 0.29) is 23.2 Å². The first-order valence-electron chi connectivity index (χ1n) is 5.74. The molecule has 0 bridgehead atoms. The van der Waals surface area contributed by atoms with Crippen LogP contribution in [0.1, 0.15) is 17.7 Å². The second-order valence-corrected chi connectivity index (χ2v) is 4.84. The summed E-state index contributed by atoms with van der Waals surface area (Å²) in [6.07, 6.45) is 0.113. The molecule has 1 fully saturated rings. The highest BCUT2D eigenvalue weighted by molar-refractivity contribution is 7.80. The van der Waals surface area contributed by atoms with Crippen molar-refractivity contribution < 1.29 is 9.59 Å². The van der Waals surface area contributed by atoms with E-state index in [1.165, 1.54) is 7.05 Å². The zero-order chi connectivity index (χ0) is 14.2. The van der Waals surface area contributed by atoms with Gasteiger partial charge < -0.3 is 11.1 Å². The summed E-state index contributed by atoms with van der Waals surface area (Å²) in [5.41, 5.74) is 6.95. The molecule has 1 aliphatic rings. The van der Waals surface area contributed by atoms with E-state index in [2.05, 4.69) is 10.3 Å². The number of hydrogen-bond donors (Lipinski definition) is 2. The van der Waals surface area contributed by atoms with Crippen LogP contribution in [0.4, 0.5) is 5.82 Å². The highest BCUT2D eigenvalue weighted by Gasteiger charge is 2.36. The van der Waals surface area contributed by atoms with E-state index in [0.717, 1.165) is 10.6 Å². The Hall–Kier alpha value is -2.02. The number of likely N-dealkylation sites (tertiary alicyclic amines) is 1. The maximum Gasteiger partial charge on any atom is 0.251 e. The molecule has 2 rings (SSSR count). The molecule has 1 saturated heterocycles. The van der Waals surface area contributed by atoms with Crippen molar-refractivity contribution in [2.45, 2.75) is 19.4 Å². The number of pyridine rings is 1. The highest BCUT2D eigenvalue weighted by Crippen LogP contribution is 2.19. The molecule has 1 aliphatic heterocycles. The lowest BCUT2D eigenvalue weighted by Crippen LogP contribution is -2.32. The molecule has 1 aromatic rings. The molecule has 19 heavy (non-hydrogen) atoms. The largest absolute Gasteiger partial charge is 0.389 e. The number of likely N-dealkylation sites (N-methyl/N-ethyl adjacent to an activating group) is 1. The van der Waals surface area contributed by atoms with Crippen LogP contribution >= 0.6 is 12.2 Å². The van der Waals surface area contributed by atoms with Gasteiger partial charge in [-0.1, -0.05) is 12.2 Å². The third kappa shape index (κ3) is 2.55. The number of carbonyl (C=O) groups excluding carboxylic acids is 2. The summed E-state index contributed by atoms with van der Waals surface area (Å²) in [6.45, 7) is 1.82. The SMILES string of the molecule is Cc1ccc(C(N)=S)c(NC2CC(=O)N(C)C2=O)n1. The number of amides is 2. The van der Waals surface area contributed by atoms with Crippen LogP contribution in [0.15, 0.2) is 12.1 Å². The fraction of sp³-hybridized carbons (Fsp3) is 0.333. The fourth-order valence-corrected chi connectivity index (χ4v) is 2.06. The number of aromatic nitrogens is 1. The van der Waals surface area contributed by atoms with Gasteiger partial charge in [-0.3, -0.25) is 14.5 Å². The molecule has 2 amide bonds. The number of nitrogens with one attached hydrogen (secondary N) is 1. The average Bonchev–Trinajstić information content (AvgIpc) is 2.57. The Labute approximate surface area is 116 Å². The molecule has 1 atom stereocenters. The Morgan fingerprint density at radius 1 is 1.53 bits per heavy atom. The van der Waals surface area contributed by atoms with Gasteiger partial charge in [0.1, 0.15) is 16.8 Å². The molecule has 2 heterocycles. The summed E-state index contributed by atoms with van der Waals surface area (Å²) in [5, 5.41) is 2.95. The van der Waals surface area contributed by atoms with E-state index in [1.54, 1.807) is 12.1 Å². The number of rotatable bonds is 3. The van der Waals surface area contributed by atoms with E-state index in [4.69, 9.17) is 18.0 Å². The van der Waals surface area contributed by atoms with Crippen LogP contribution in [0, 0.1) is 6.92 Å². The maximum absolute atomic E-state index is 11.8. The highest BCUT2D eigenvalue weighted by atomic mass is 32.1. The van der Waals surface area contributed by atoms with Crippen molar-refractivity contribution in [3.05, 3.63) is 23.4 Å². The smallest absolute Gasteiger partial charge is 0.251 e. The van der Waals surface area contributed by atoms with Crippen LogP contribution in [0.3, 0.4) is 0 Å². The molecule has 0 aliphatic carbocycles. The van der Waals surface area contributed by atoms with Gasteiger partial charge in [-0.2, -0.15) is 0 Å². The zero-order valence-corrected chi connectivity index (χ0v) is 11.5. The van der Waals surface area contributed by atoms with Crippen molar-refractivity contribution in [3.63, 3.8) is 0 Å². The first kappa shape index (κ1) is 13.4. The summed E-state index contributed by atoms with van der Waals surface area (Å²) < 4.78 is 0. The van der Waals surface area contributed by atoms with Crippen molar-refractivity contribution in [1.29, 1.82) is 0 Å². The molecule has 0 spiro atoms. The Balaban J connectivity index is 2.29. The maximum atomic E-state index is 11.8. The van der Waals surface area contributed by atoms with Crippen LogP contribution in [-0.2, 0) is 9.59 Å². The minimum atomic E-state index is -0.611. The number of nitrogens with two attached hydrogens (primary N) is 1. The van der Waals surface area contributed by atoms with Crippen molar-refractivity contribution in [2.75, 3.05) is 12.4 Å². The Bertz CT molecular complexity index is 573. The molecular weight excluding hydrogens is 264 g/mol. The summed E-state index contributed by atoms with van der Waals surface area (Å²) in [7, 11) is 1.46. The topological polar surface area (TPSA) is 88.3 Å². The van der Waals surface area contributed by atoms with E-state index in [9.17, 15) is 9.59 Å². The quantitative estimate of drug-likeness (QED) is 0.606. The molecule has 3 N–H and O–H groups in total. The number of carbonyl (C=O) groups is 2. The van der Waals surface area contributed by atoms with Gasteiger partial charge in [0.05, 0.1) is 12.0 Å². The monoisotopic (exact) mass is 278 g/mol. The lowest BCUT2D eigenvalue weighted by molar-refractivity contribution is -0.136. The minimum absolute atomic E-state index is 0.113. The number of hydrogen-bond acceptors (Lipinski definition) is 5.